The number of carbonyl (C=O) groups is 2. The highest BCUT2D eigenvalue weighted by Crippen LogP contribution is 2.16. The first-order valence-electron chi connectivity index (χ1n) is 5.91. The molecule has 1 aliphatic heterocycles. The Morgan fingerprint density at radius 2 is 2.42 bits per heavy atom. The first-order chi connectivity index (χ1) is 9.04. The fraction of sp³-hybridized carbons (Fsp3) is 0.417. The van der Waals surface area contributed by atoms with Crippen molar-refractivity contribution in [2.45, 2.75) is 19.4 Å². The summed E-state index contributed by atoms with van der Waals surface area (Å²) in [5.41, 5.74) is 5.06. The van der Waals surface area contributed by atoms with Crippen molar-refractivity contribution in [3.05, 3.63) is 18.3 Å². The van der Waals surface area contributed by atoms with Crippen molar-refractivity contribution in [2.24, 2.45) is 11.7 Å². The topological polar surface area (TPSA) is 117 Å². The Labute approximate surface area is 111 Å². The van der Waals surface area contributed by atoms with Gasteiger partial charge in [-0.25, -0.2) is 4.98 Å². The largest absolute Gasteiger partial charge is 0.504 e. The highest BCUT2D eigenvalue weighted by atomic mass is 16.3. The molecule has 0 spiro atoms. The molecule has 1 aromatic heterocycles. The summed E-state index contributed by atoms with van der Waals surface area (Å²) in [6, 6.07) is 2.95. The maximum atomic E-state index is 10.5. The number of rotatable bonds is 3. The SMILES string of the molecule is CC1CNC(C(N)=O)C1.O=CNc1ncccc1O. The fourth-order valence-corrected chi connectivity index (χ4v) is 1.69. The second-order valence-electron chi connectivity index (χ2n) is 4.34. The Morgan fingerprint density at radius 3 is 2.84 bits per heavy atom. The summed E-state index contributed by atoms with van der Waals surface area (Å²) < 4.78 is 0. The van der Waals surface area contributed by atoms with Gasteiger partial charge in [-0.2, -0.15) is 0 Å². The minimum atomic E-state index is -0.223. The van der Waals surface area contributed by atoms with Gasteiger partial charge in [0.05, 0.1) is 6.04 Å². The summed E-state index contributed by atoms with van der Waals surface area (Å²) in [4.78, 5) is 24.0. The van der Waals surface area contributed by atoms with Crippen LogP contribution in [0.25, 0.3) is 0 Å². The second kappa shape index (κ2) is 7.32. The molecule has 19 heavy (non-hydrogen) atoms. The highest BCUT2D eigenvalue weighted by molar-refractivity contribution is 5.80. The van der Waals surface area contributed by atoms with Gasteiger partial charge in [-0.3, -0.25) is 9.59 Å². The first kappa shape index (κ1) is 14.9. The first-order valence-corrected chi connectivity index (χ1v) is 5.91. The Bertz CT molecular complexity index is 439. The van der Waals surface area contributed by atoms with E-state index in [1.807, 2.05) is 0 Å². The Kier molecular flexibility index (Phi) is 5.74. The van der Waals surface area contributed by atoms with Crippen LogP contribution in [-0.2, 0) is 9.59 Å². The van der Waals surface area contributed by atoms with Gasteiger partial charge in [-0.1, -0.05) is 6.92 Å². The standard InChI is InChI=1S/C6H6N2O2.C6H12N2O/c9-4-8-6-5(10)2-1-3-7-6;1-4-2-5(6(7)9)8-3-4/h1-4,10H,(H,7,8,9);4-5,8H,2-3H2,1H3,(H2,7,9). The van der Waals surface area contributed by atoms with E-state index in [2.05, 4.69) is 22.5 Å². The number of carbonyl (C=O) groups excluding carboxylic acids is 2. The van der Waals surface area contributed by atoms with Crippen molar-refractivity contribution in [1.29, 1.82) is 0 Å². The Hall–Kier alpha value is -2.15. The van der Waals surface area contributed by atoms with Gasteiger partial charge in [-0.05, 0) is 31.0 Å². The molecular formula is C12H18N4O3. The Morgan fingerprint density at radius 1 is 1.68 bits per heavy atom. The summed E-state index contributed by atoms with van der Waals surface area (Å²) in [5, 5.41) is 14.2. The van der Waals surface area contributed by atoms with E-state index in [-0.39, 0.29) is 23.5 Å². The number of nitrogens with zero attached hydrogens (tertiary/aromatic N) is 1. The lowest BCUT2D eigenvalue weighted by Crippen LogP contribution is -2.36. The summed E-state index contributed by atoms with van der Waals surface area (Å²) in [7, 11) is 0. The van der Waals surface area contributed by atoms with E-state index in [4.69, 9.17) is 10.8 Å². The van der Waals surface area contributed by atoms with Gasteiger partial charge >= 0.3 is 0 Å². The molecule has 0 saturated carbocycles. The molecule has 104 valence electrons. The molecule has 0 bridgehead atoms. The van der Waals surface area contributed by atoms with Crippen molar-refractivity contribution >= 4 is 18.1 Å². The quantitative estimate of drug-likeness (QED) is 0.566. The van der Waals surface area contributed by atoms with Crippen LogP contribution >= 0.6 is 0 Å². The van der Waals surface area contributed by atoms with Crippen LogP contribution in [0.2, 0.25) is 0 Å². The third-order valence-electron chi connectivity index (χ3n) is 2.68. The minimum Gasteiger partial charge on any atom is -0.504 e. The van der Waals surface area contributed by atoms with Gasteiger partial charge in [0, 0.05) is 6.20 Å². The monoisotopic (exact) mass is 266 g/mol. The van der Waals surface area contributed by atoms with Crippen LogP contribution in [0.4, 0.5) is 5.82 Å². The zero-order chi connectivity index (χ0) is 14.3. The van der Waals surface area contributed by atoms with Gasteiger partial charge < -0.3 is 21.5 Å². The lowest BCUT2D eigenvalue weighted by atomic mass is 10.1. The minimum absolute atomic E-state index is 0.0328. The smallest absolute Gasteiger partial charge is 0.234 e. The predicted octanol–water partition coefficient (Wildman–Crippen LogP) is -0.175. The van der Waals surface area contributed by atoms with Crippen LogP contribution in [0.3, 0.4) is 0 Å². The van der Waals surface area contributed by atoms with Crippen molar-refractivity contribution in [1.82, 2.24) is 10.3 Å². The molecule has 2 heterocycles. The lowest BCUT2D eigenvalue weighted by Gasteiger charge is -2.01. The van der Waals surface area contributed by atoms with Crippen LogP contribution in [0, 0.1) is 5.92 Å². The molecule has 7 heteroatoms. The summed E-state index contributed by atoms with van der Waals surface area (Å²) >= 11 is 0. The summed E-state index contributed by atoms with van der Waals surface area (Å²) in [5.74, 6) is 0.522. The van der Waals surface area contributed by atoms with Gasteiger partial charge in [0.25, 0.3) is 0 Å². The molecule has 1 aliphatic rings. The van der Waals surface area contributed by atoms with Crippen LogP contribution < -0.4 is 16.4 Å². The zero-order valence-corrected chi connectivity index (χ0v) is 10.7. The third kappa shape index (κ3) is 4.92. The molecule has 0 radical (unpaired) electrons. The number of pyridine rings is 1. The third-order valence-corrected chi connectivity index (χ3v) is 2.68. The average Bonchev–Trinajstić information content (AvgIpc) is 2.80. The molecule has 7 nitrogen and oxygen atoms in total. The number of primary amides is 1. The second-order valence-corrected chi connectivity index (χ2v) is 4.34. The summed E-state index contributed by atoms with van der Waals surface area (Å²) in [6.45, 7) is 3.03. The predicted molar refractivity (Wildman–Crippen MR) is 70.4 cm³/mol. The molecule has 2 rings (SSSR count). The number of aromatic hydroxyl groups is 1. The molecular weight excluding hydrogens is 248 g/mol. The van der Waals surface area contributed by atoms with Gasteiger partial charge in [0.15, 0.2) is 11.6 Å². The zero-order valence-electron chi connectivity index (χ0n) is 10.7. The molecule has 2 unspecified atom stereocenters. The number of hydrogen-bond donors (Lipinski definition) is 4. The van der Waals surface area contributed by atoms with Gasteiger partial charge in [-0.15, -0.1) is 0 Å². The maximum absolute atomic E-state index is 10.5. The van der Waals surface area contributed by atoms with E-state index >= 15 is 0 Å². The van der Waals surface area contributed by atoms with E-state index in [1.54, 1.807) is 6.07 Å². The fourth-order valence-electron chi connectivity index (χ4n) is 1.69. The number of anilines is 1. The highest BCUT2D eigenvalue weighted by Gasteiger charge is 2.24. The van der Waals surface area contributed by atoms with Crippen LogP contribution in [0.1, 0.15) is 13.3 Å². The molecule has 0 aromatic carbocycles. The van der Waals surface area contributed by atoms with Crippen molar-refractivity contribution in [2.75, 3.05) is 11.9 Å². The number of aromatic nitrogens is 1. The number of nitrogens with one attached hydrogen (secondary N) is 2. The maximum Gasteiger partial charge on any atom is 0.234 e. The van der Waals surface area contributed by atoms with E-state index in [1.165, 1.54) is 12.3 Å². The van der Waals surface area contributed by atoms with E-state index < -0.39 is 0 Å². The molecule has 0 aliphatic carbocycles. The lowest BCUT2D eigenvalue weighted by molar-refractivity contribution is -0.119. The van der Waals surface area contributed by atoms with Crippen molar-refractivity contribution in [3.63, 3.8) is 0 Å². The number of nitrogens with two attached hydrogens (primary N) is 1. The number of hydrogen-bond acceptors (Lipinski definition) is 5. The van der Waals surface area contributed by atoms with E-state index in [9.17, 15) is 9.59 Å². The van der Waals surface area contributed by atoms with Crippen molar-refractivity contribution in [3.8, 4) is 5.75 Å². The molecule has 2 atom stereocenters. The average molecular weight is 266 g/mol. The van der Waals surface area contributed by atoms with Crippen molar-refractivity contribution < 1.29 is 14.7 Å². The Balaban J connectivity index is 0.000000191. The molecule has 1 aromatic rings. The van der Waals surface area contributed by atoms with E-state index in [0.29, 0.717) is 12.3 Å². The normalized spacial score (nSPS) is 21.1. The van der Waals surface area contributed by atoms with Crippen LogP contribution in [-0.4, -0.2) is 35.0 Å². The molecule has 1 saturated heterocycles. The van der Waals surface area contributed by atoms with Gasteiger partial charge in [0.2, 0.25) is 12.3 Å². The van der Waals surface area contributed by atoms with Crippen LogP contribution in [0.5, 0.6) is 5.75 Å². The van der Waals surface area contributed by atoms with Gasteiger partial charge in [0.1, 0.15) is 0 Å². The van der Waals surface area contributed by atoms with Crippen LogP contribution in [0.15, 0.2) is 18.3 Å². The molecule has 2 amide bonds. The molecule has 5 N–H and O–H groups in total. The number of amides is 2. The molecule has 1 fully saturated rings. The summed E-state index contributed by atoms with van der Waals surface area (Å²) in [6.07, 6.45) is 2.84. The van der Waals surface area contributed by atoms with E-state index in [0.717, 1.165) is 13.0 Å².